The Morgan fingerprint density at radius 1 is 1.32 bits per heavy atom. The van der Waals surface area contributed by atoms with Gasteiger partial charge in [0, 0.05) is 33.2 Å². The molecule has 0 bridgehead atoms. The van der Waals surface area contributed by atoms with Gasteiger partial charge in [0.05, 0.1) is 19.8 Å². The monoisotopic (exact) mass is 341 g/mol. The van der Waals surface area contributed by atoms with Crippen molar-refractivity contribution < 1.29 is 9.47 Å². The van der Waals surface area contributed by atoms with Gasteiger partial charge in [-0.2, -0.15) is 10.5 Å². The van der Waals surface area contributed by atoms with Crippen molar-refractivity contribution in [2.75, 3.05) is 40.4 Å². The summed E-state index contributed by atoms with van der Waals surface area (Å²) >= 11 is 0. The lowest BCUT2D eigenvalue weighted by Crippen LogP contribution is -2.46. The van der Waals surface area contributed by atoms with E-state index in [0.717, 1.165) is 25.4 Å². The highest BCUT2D eigenvalue weighted by Crippen LogP contribution is 2.15. The fraction of sp³-hybridized carbons (Fsp3) is 0.444. The highest BCUT2D eigenvalue weighted by Gasteiger charge is 2.21. The average Bonchev–Trinajstić information content (AvgIpc) is 2.66. The molecule has 7 nitrogen and oxygen atoms in total. The molecule has 1 atom stereocenters. The summed E-state index contributed by atoms with van der Waals surface area (Å²) in [7, 11) is 3.33. The van der Waals surface area contributed by atoms with Crippen molar-refractivity contribution in [3.8, 4) is 17.9 Å². The molecule has 2 N–H and O–H groups in total. The summed E-state index contributed by atoms with van der Waals surface area (Å²) in [5, 5.41) is 23.8. The number of methoxy groups -OCH3 is 1. The van der Waals surface area contributed by atoms with E-state index < -0.39 is 0 Å². The van der Waals surface area contributed by atoms with Crippen molar-refractivity contribution >= 4 is 0 Å². The molecule has 132 valence electrons. The van der Waals surface area contributed by atoms with Crippen LogP contribution in [0.5, 0.6) is 5.75 Å². The minimum atomic E-state index is -0.00557. The van der Waals surface area contributed by atoms with Crippen LogP contribution in [0.4, 0.5) is 0 Å². The van der Waals surface area contributed by atoms with Crippen LogP contribution >= 0.6 is 0 Å². The van der Waals surface area contributed by atoms with E-state index in [1.807, 2.05) is 24.3 Å². The molecule has 1 heterocycles. The van der Waals surface area contributed by atoms with Crippen LogP contribution in [0.2, 0.25) is 0 Å². The van der Waals surface area contributed by atoms with Gasteiger partial charge in [-0.1, -0.05) is 12.1 Å². The molecule has 0 saturated carbocycles. The first-order valence-corrected chi connectivity index (χ1v) is 8.13. The van der Waals surface area contributed by atoms with E-state index in [9.17, 15) is 0 Å². The molecule has 1 saturated heterocycles. The number of hydrogen-bond acceptors (Lipinski definition) is 7. The second kappa shape index (κ2) is 9.53. The Labute approximate surface area is 148 Å². The molecule has 1 aromatic carbocycles. The summed E-state index contributed by atoms with van der Waals surface area (Å²) in [5.41, 5.74) is 1.26. The lowest BCUT2D eigenvalue weighted by molar-refractivity contribution is -0.0290. The Morgan fingerprint density at radius 2 is 2.04 bits per heavy atom. The highest BCUT2D eigenvalue weighted by atomic mass is 16.5. The number of nitrogens with one attached hydrogen (secondary N) is 2. The van der Waals surface area contributed by atoms with Crippen molar-refractivity contribution in [3.05, 3.63) is 41.2 Å². The van der Waals surface area contributed by atoms with E-state index in [2.05, 4.69) is 27.7 Å². The van der Waals surface area contributed by atoms with Crippen molar-refractivity contribution in [2.24, 2.45) is 0 Å². The molecule has 7 heteroatoms. The van der Waals surface area contributed by atoms with E-state index >= 15 is 0 Å². The fourth-order valence-electron chi connectivity index (χ4n) is 2.69. The Balaban J connectivity index is 1.89. The van der Waals surface area contributed by atoms with Crippen LogP contribution in [0.15, 0.2) is 35.7 Å². The molecule has 0 amide bonds. The van der Waals surface area contributed by atoms with Crippen LogP contribution in [-0.4, -0.2) is 51.4 Å². The lowest BCUT2D eigenvalue weighted by atomic mass is 10.2. The Morgan fingerprint density at radius 3 is 2.64 bits per heavy atom. The molecule has 1 aliphatic heterocycles. The highest BCUT2D eigenvalue weighted by molar-refractivity contribution is 5.38. The number of rotatable bonds is 7. The normalized spacial score (nSPS) is 17.0. The number of morpholine rings is 1. The van der Waals surface area contributed by atoms with Gasteiger partial charge in [-0.05, 0) is 17.7 Å². The first-order chi connectivity index (χ1) is 12.2. The van der Waals surface area contributed by atoms with Gasteiger partial charge in [0.15, 0.2) is 5.57 Å². The average molecular weight is 341 g/mol. The predicted octanol–water partition coefficient (Wildman–Crippen LogP) is 0.964. The van der Waals surface area contributed by atoms with Gasteiger partial charge < -0.3 is 20.1 Å². The van der Waals surface area contributed by atoms with Crippen molar-refractivity contribution in [1.29, 1.82) is 10.5 Å². The predicted molar refractivity (Wildman–Crippen MR) is 93.3 cm³/mol. The minimum absolute atomic E-state index is 0.00557. The standard InChI is InChI=1S/C18H23N5O2/c1-21-18(15(9-19)10-20)22-11-17-13-23(7-8-25-17)12-14-3-5-16(24-2)6-4-14/h3-6,17,21-22H,7-8,11-13H2,1-2H3. The van der Waals surface area contributed by atoms with E-state index in [-0.39, 0.29) is 11.7 Å². The van der Waals surface area contributed by atoms with Gasteiger partial charge in [-0.25, -0.2) is 0 Å². The maximum absolute atomic E-state index is 8.95. The summed E-state index contributed by atoms with van der Waals surface area (Å²) < 4.78 is 11.0. The fourth-order valence-corrected chi connectivity index (χ4v) is 2.69. The van der Waals surface area contributed by atoms with Crippen molar-refractivity contribution in [3.63, 3.8) is 0 Å². The molecule has 1 aliphatic rings. The Kier molecular flexibility index (Phi) is 7.09. The topological polar surface area (TPSA) is 93.3 Å². The number of ether oxygens (including phenoxy) is 2. The van der Waals surface area contributed by atoms with E-state index in [1.165, 1.54) is 5.56 Å². The summed E-state index contributed by atoms with van der Waals surface area (Å²) in [6.45, 7) is 3.69. The van der Waals surface area contributed by atoms with Gasteiger partial charge in [0.1, 0.15) is 23.7 Å². The lowest BCUT2D eigenvalue weighted by Gasteiger charge is -2.33. The molecule has 0 spiro atoms. The van der Waals surface area contributed by atoms with E-state index in [0.29, 0.717) is 19.0 Å². The minimum Gasteiger partial charge on any atom is -0.497 e. The third-order valence-corrected chi connectivity index (χ3v) is 4.02. The zero-order chi connectivity index (χ0) is 18.1. The van der Waals surface area contributed by atoms with E-state index in [4.69, 9.17) is 20.0 Å². The molecule has 1 aromatic rings. The molecule has 25 heavy (non-hydrogen) atoms. The van der Waals surface area contributed by atoms with E-state index in [1.54, 1.807) is 14.2 Å². The van der Waals surface area contributed by atoms with Crippen LogP contribution in [0.3, 0.4) is 0 Å². The molecule has 0 aliphatic carbocycles. The second-order valence-corrected chi connectivity index (χ2v) is 5.68. The zero-order valence-electron chi connectivity index (χ0n) is 14.6. The maximum Gasteiger partial charge on any atom is 0.169 e. The zero-order valence-corrected chi connectivity index (χ0v) is 14.6. The van der Waals surface area contributed by atoms with Gasteiger partial charge in [-0.15, -0.1) is 0 Å². The molecular formula is C18H23N5O2. The third-order valence-electron chi connectivity index (χ3n) is 4.02. The second-order valence-electron chi connectivity index (χ2n) is 5.68. The SMILES string of the molecule is CNC(NCC1CN(Cc2ccc(OC)cc2)CCO1)=C(C#N)C#N. The number of allylic oxidation sites excluding steroid dienone is 1. The maximum atomic E-state index is 8.95. The molecule has 2 rings (SSSR count). The summed E-state index contributed by atoms with van der Waals surface area (Å²) in [5.74, 6) is 1.28. The van der Waals surface area contributed by atoms with Crippen LogP contribution in [0, 0.1) is 22.7 Å². The Bertz CT molecular complexity index is 656. The van der Waals surface area contributed by atoms with Crippen LogP contribution < -0.4 is 15.4 Å². The summed E-state index contributed by atoms with van der Waals surface area (Å²) in [4.78, 5) is 2.33. The number of benzene rings is 1. The number of nitrogens with zero attached hydrogens (tertiary/aromatic N) is 3. The van der Waals surface area contributed by atoms with Gasteiger partial charge in [0.2, 0.25) is 0 Å². The first-order valence-electron chi connectivity index (χ1n) is 8.13. The first kappa shape index (κ1) is 18.6. The van der Waals surface area contributed by atoms with Crippen LogP contribution in [0.25, 0.3) is 0 Å². The third kappa shape index (κ3) is 5.39. The molecule has 1 unspecified atom stereocenters. The smallest absolute Gasteiger partial charge is 0.169 e. The van der Waals surface area contributed by atoms with Gasteiger partial charge in [0.25, 0.3) is 0 Å². The summed E-state index contributed by atoms with van der Waals surface area (Å²) in [6.07, 6.45) is -0.00557. The van der Waals surface area contributed by atoms with Gasteiger partial charge in [-0.3, -0.25) is 4.90 Å². The van der Waals surface area contributed by atoms with Crippen LogP contribution in [-0.2, 0) is 11.3 Å². The number of nitriles is 2. The van der Waals surface area contributed by atoms with Crippen molar-refractivity contribution in [2.45, 2.75) is 12.6 Å². The van der Waals surface area contributed by atoms with Crippen LogP contribution in [0.1, 0.15) is 5.56 Å². The molecule has 0 radical (unpaired) electrons. The van der Waals surface area contributed by atoms with Crippen molar-refractivity contribution in [1.82, 2.24) is 15.5 Å². The molecule has 0 aromatic heterocycles. The number of hydrogen-bond donors (Lipinski definition) is 2. The summed E-state index contributed by atoms with van der Waals surface area (Å²) in [6, 6.07) is 11.8. The molecular weight excluding hydrogens is 318 g/mol. The largest absolute Gasteiger partial charge is 0.497 e. The molecule has 1 fully saturated rings. The quantitative estimate of drug-likeness (QED) is 0.714. The Hall–Kier alpha value is -2.74. The van der Waals surface area contributed by atoms with Gasteiger partial charge >= 0.3 is 0 Å².